The molecule has 2 aliphatic rings. The van der Waals surface area contributed by atoms with Gasteiger partial charge < -0.3 is 10.1 Å². The van der Waals surface area contributed by atoms with Gasteiger partial charge in [-0.3, -0.25) is 4.99 Å². The Kier molecular flexibility index (Phi) is 6.97. The van der Waals surface area contributed by atoms with Gasteiger partial charge in [0.2, 0.25) is 0 Å². The standard InChI is InChI=1S/C33H28Cl2N2O/c1-21-5-16-32-30(17-21)28-3-2-4-29(28)33(37-32)23-9-12-26(13-10-23)36-19-22-6-14-27(15-7-22)38-20-24-8-11-25(34)18-31(24)35/h2-3,5-19,28-29,33,37H,4,20H2,1H3/t28-,29-,33-/m1/s1. The van der Waals surface area contributed by atoms with Crippen LogP contribution < -0.4 is 10.1 Å². The summed E-state index contributed by atoms with van der Waals surface area (Å²) in [5, 5.41) is 5.03. The van der Waals surface area contributed by atoms with E-state index in [9.17, 15) is 0 Å². The van der Waals surface area contributed by atoms with Crippen molar-refractivity contribution in [1.82, 2.24) is 0 Å². The number of ether oxygens (including phenoxy) is 1. The number of nitrogens with zero attached hydrogens (tertiary/aromatic N) is 1. The topological polar surface area (TPSA) is 33.6 Å². The van der Waals surface area contributed by atoms with Crippen molar-refractivity contribution < 1.29 is 4.74 Å². The zero-order chi connectivity index (χ0) is 26.1. The lowest BCUT2D eigenvalue weighted by Crippen LogP contribution is -2.29. The van der Waals surface area contributed by atoms with Crippen LogP contribution in [-0.2, 0) is 6.61 Å². The number of rotatable bonds is 6. The van der Waals surface area contributed by atoms with Crippen molar-refractivity contribution in [2.45, 2.75) is 31.9 Å². The third-order valence-corrected chi connectivity index (χ3v) is 8.01. The Morgan fingerprint density at radius 3 is 2.55 bits per heavy atom. The minimum atomic E-state index is 0.290. The van der Waals surface area contributed by atoms with Gasteiger partial charge in [-0.05, 0) is 90.6 Å². The molecule has 0 spiro atoms. The molecule has 190 valence electrons. The molecule has 1 heterocycles. The molecule has 5 heteroatoms. The highest BCUT2D eigenvalue weighted by Gasteiger charge is 2.37. The molecule has 38 heavy (non-hydrogen) atoms. The van der Waals surface area contributed by atoms with E-state index in [-0.39, 0.29) is 0 Å². The monoisotopic (exact) mass is 538 g/mol. The summed E-state index contributed by atoms with van der Waals surface area (Å²) in [7, 11) is 0. The predicted molar refractivity (Wildman–Crippen MR) is 158 cm³/mol. The van der Waals surface area contributed by atoms with Crippen LogP contribution in [0.15, 0.2) is 102 Å². The molecule has 6 rings (SSSR count). The minimum Gasteiger partial charge on any atom is -0.489 e. The first kappa shape index (κ1) is 24.8. The molecule has 0 aromatic heterocycles. The van der Waals surface area contributed by atoms with Gasteiger partial charge in [0.25, 0.3) is 0 Å². The van der Waals surface area contributed by atoms with Crippen LogP contribution in [0.25, 0.3) is 0 Å². The zero-order valence-corrected chi connectivity index (χ0v) is 22.6. The molecular formula is C33H28Cl2N2O. The van der Waals surface area contributed by atoms with Gasteiger partial charge in [-0.1, -0.05) is 71.2 Å². The Morgan fingerprint density at radius 1 is 0.947 bits per heavy atom. The van der Waals surface area contributed by atoms with Crippen LogP contribution in [0, 0.1) is 12.8 Å². The summed E-state index contributed by atoms with van der Waals surface area (Å²) in [4.78, 5) is 4.69. The Bertz CT molecular complexity index is 1510. The van der Waals surface area contributed by atoms with Gasteiger partial charge in [-0.2, -0.15) is 0 Å². The molecule has 0 saturated heterocycles. The Balaban J connectivity index is 1.10. The predicted octanol–water partition coefficient (Wildman–Crippen LogP) is 9.46. The maximum atomic E-state index is 6.24. The number of anilines is 1. The molecule has 1 aliphatic heterocycles. The van der Waals surface area contributed by atoms with E-state index in [1.807, 2.05) is 42.6 Å². The van der Waals surface area contributed by atoms with Gasteiger partial charge >= 0.3 is 0 Å². The second-order valence-corrected chi connectivity index (χ2v) is 10.9. The van der Waals surface area contributed by atoms with E-state index in [1.165, 1.54) is 22.4 Å². The molecule has 0 radical (unpaired) electrons. The third kappa shape index (κ3) is 5.22. The summed E-state index contributed by atoms with van der Waals surface area (Å²) in [5.41, 5.74) is 8.12. The summed E-state index contributed by atoms with van der Waals surface area (Å²) in [5.74, 6) is 1.79. The molecule has 0 unspecified atom stereocenters. The normalized spacial score (nSPS) is 19.7. The fourth-order valence-electron chi connectivity index (χ4n) is 5.41. The maximum absolute atomic E-state index is 6.24. The molecule has 1 aliphatic carbocycles. The maximum Gasteiger partial charge on any atom is 0.119 e. The first-order chi connectivity index (χ1) is 18.5. The van der Waals surface area contributed by atoms with Gasteiger partial charge in [0.1, 0.15) is 12.4 Å². The van der Waals surface area contributed by atoms with Crippen LogP contribution >= 0.6 is 23.2 Å². The molecule has 4 aromatic rings. The molecule has 0 bridgehead atoms. The first-order valence-electron chi connectivity index (χ1n) is 12.9. The molecule has 0 amide bonds. The zero-order valence-electron chi connectivity index (χ0n) is 21.1. The lowest BCUT2D eigenvalue weighted by atomic mass is 9.76. The average Bonchev–Trinajstić information content (AvgIpc) is 3.43. The minimum absolute atomic E-state index is 0.290. The highest BCUT2D eigenvalue weighted by molar-refractivity contribution is 6.35. The summed E-state index contributed by atoms with van der Waals surface area (Å²) < 4.78 is 5.88. The largest absolute Gasteiger partial charge is 0.489 e. The van der Waals surface area contributed by atoms with Gasteiger partial charge in [-0.25, -0.2) is 0 Å². The highest BCUT2D eigenvalue weighted by atomic mass is 35.5. The van der Waals surface area contributed by atoms with E-state index >= 15 is 0 Å². The Labute approximate surface area is 233 Å². The van der Waals surface area contributed by atoms with E-state index in [0.29, 0.717) is 34.5 Å². The van der Waals surface area contributed by atoms with E-state index in [1.54, 1.807) is 6.07 Å². The second-order valence-electron chi connectivity index (χ2n) is 10.0. The fraction of sp³-hybridized carbons (Fsp3) is 0.182. The first-order valence-corrected chi connectivity index (χ1v) is 13.6. The Morgan fingerprint density at radius 2 is 1.76 bits per heavy atom. The second kappa shape index (κ2) is 10.7. The van der Waals surface area contributed by atoms with Crippen molar-refractivity contribution >= 4 is 40.8 Å². The van der Waals surface area contributed by atoms with Crippen molar-refractivity contribution in [2.75, 3.05) is 5.32 Å². The number of hydrogen-bond donors (Lipinski definition) is 1. The molecule has 0 fully saturated rings. The van der Waals surface area contributed by atoms with Gasteiger partial charge in [0.05, 0.1) is 11.7 Å². The molecular weight excluding hydrogens is 511 g/mol. The fourth-order valence-corrected chi connectivity index (χ4v) is 5.87. The van der Waals surface area contributed by atoms with E-state index in [4.69, 9.17) is 27.9 Å². The summed E-state index contributed by atoms with van der Waals surface area (Å²) >= 11 is 12.2. The molecule has 4 aromatic carbocycles. The smallest absolute Gasteiger partial charge is 0.119 e. The van der Waals surface area contributed by atoms with Crippen molar-refractivity contribution in [3.05, 3.63) is 135 Å². The quantitative estimate of drug-likeness (QED) is 0.196. The Hall–Kier alpha value is -3.53. The van der Waals surface area contributed by atoms with Crippen LogP contribution in [0.5, 0.6) is 5.75 Å². The van der Waals surface area contributed by atoms with Crippen molar-refractivity contribution in [3.63, 3.8) is 0 Å². The number of benzene rings is 4. The van der Waals surface area contributed by atoms with Crippen LogP contribution in [0.3, 0.4) is 0 Å². The third-order valence-electron chi connectivity index (χ3n) is 7.42. The van der Waals surface area contributed by atoms with Crippen LogP contribution in [0.2, 0.25) is 10.0 Å². The van der Waals surface area contributed by atoms with Crippen LogP contribution in [0.1, 0.15) is 46.2 Å². The highest BCUT2D eigenvalue weighted by Crippen LogP contribution is 2.50. The molecule has 0 saturated carbocycles. The number of hydrogen-bond acceptors (Lipinski definition) is 3. The van der Waals surface area contributed by atoms with E-state index in [0.717, 1.165) is 29.0 Å². The number of allylic oxidation sites excluding steroid dienone is 2. The van der Waals surface area contributed by atoms with Crippen LogP contribution in [0.4, 0.5) is 11.4 Å². The number of halogens is 2. The lowest BCUT2D eigenvalue weighted by Gasteiger charge is -2.37. The lowest BCUT2D eigenvalue weighted by molar-refractivity contribution is 0.306. The summed E-state index contributed by atoms with van der Waals surface area (Å²) in [6.07, 6.45) is 7.70. The number of fused-ring (bicyclic) bond motifs is 3. The number of aliphatic imine (C=N–C) groups is 1. The molecule has 3 nitrogen and oxygen atoms in total. The SMILES string of the molecule is Cc1ccc2c(c1)[C@@H]1C=CC[C@H]1[C@@H](c1ccc(N=Cc3ccc(OCc4ccc(Cl)cc4Cl)cc3)cc1)N2. The summed E-state index contributed by atoms with van der Waals surface area (Å²) in [6, 6.07) is 28.9. The van der Waals surface area contributed by atoms with Gasteiger partial charge in [0, 0.05) is 33.4 Å². The van der Waals surface area contributed by atoms with E-state index in [2.05, 4.69) is 71.8 Å². The van der Waals surface area contributed by atoms with Gasteiger partial charge in [0.15, 0.2) is 0 Å². The van der Waals surface area contributed by atoms with E-state index < -0.39 is 0 Å². The average molecular weight is 540 g/mol. The van der Waals surface area contributed by atoms with Gasteiger partial charge in [-0.15, -0.1) is 0 Å². The number of nitrogens with one attached hydrogen (secondary N) is 1. The molecule has 1 N–H and O–H groups in total. The summed E-state index contributed by atoms with van der Waals surface area (Å²) in [6.45, 7) is 2.55. The van der Waals surface area contributed by atoms with Crippen LogP contribution in [-0.4, -0.2) is 6.21 Å². The molecule has 3 atom stereocenters. The van der Waals surface area contributed by atoms with Crippen molar-refractivity contribution in [3.8, 4) is 5.75 Å². The van der Waals surface area contributed by atoms with Crippen molar-refractivity contribution in [1.29, 1.82) is 0 Å². The number of aryl methyl sites for hydroxylation is 1. The van der Waals surface area contributed by atoms with Crippen molar-refractivity contribution in [2.24, 2.45) is 10.9 Å².